The molecular formula is C13H13N3O2. The second-order valence-corrected chi connectivity index (χ2v) is 3.85. The van der Waals surface area contributed by atoms with Crippen LogP contribution in [0.5, 0.6) is 0 Å². The number of non-ortho nitro benzene ring substituents is 1. The number of nitrogens with one attached hydrogen (secondary N) is 1. The van der Waals surface area contributed by atoms with Gasteiger partial charge in [-0.3, -0.25) is 15.1 Å². The van der Waals surface area contributed by atoms with Crippen molar-refractivity contribution >= 4 is 5.69 Å². The molecule has 1 aromatic heterocycles. The minimum atomic E-state index is -0.406. The van der Waals surface area contributed by atoms with Crippen LogP contribution in [0.1, 0.15) is 5.56 Å². The molecule has 0 saturated heterocycles. The molecule has 0 atom stereocenters. The van der Waals surface area contributed by atoms with Gasteiger partial charge >= 0.3 is 0 Å². The summed E-state index contributed by atoms with van der Waals surface area (Å²) < 4.78 is 0. The van der Waals surface area contributed by atoms with Crippen molar-refractivity contribution in [1.29, 1.82) is 0 Å². The van der Waals surface area contributed by atoms with Crippen LogP contribution in [-0.4, -0.2) is 17.0 Å². The van der Waals surface area contributed by atoms with Crippen LogP contribution in [0.4, 0.5) is 5.69 Å². The molecule has 5 nitrogen and oxygen atoms in total. The molecule has 0 spiro atoms. The van der Waals surface area contributed by atoms with E-state index in [0.29, 0.717) is 6.54 Å². The third kappa shape index (κ3) is 2.52. The molecule has 0 aliphatic rings. The van der Waals surface area contributed by atoms with Gasteiger partial charge in [0.05, 0.1) is 10.6 Å². The van der Waals surface area contributed by atoms with Gasteiger partial charge in [-0.25, -0.2) is 0 Å². The summed E-state index contributed by atoms with van der Waals surface area (Å²) in [6.07, 6.45) is 1.72. The van der Waals surface area contributed by atoms with Gasteiger partial charge in [-0.15, -0.1) is 0 Å². The summed E-state index contributed by atoms with van der Waals surface area (Å²) in [5.41, 5.74) is 2.88. The van der Waals surface area contributed by atoms with Crippen LogP contribution in [0.2, 0.25) is 0 Å². The molecule has 0 saturated carbocycles. The first kappa shape index (κ1) is 12.2. The quantitative estimate of drug-likeness (QED) is 0.661. The normalized spacial score (nSPS) is 10.3. The van der Waals surface area contributed by atoms with Gasteiger partial charge in [0.25, 0.3) is 5.69 Å². The predicted octanol–water partition coefficient (Wildman–Crippen LogP) is 2.38. The number of hydrogen-bond acceptors (Lipinski definition) is 4. The van der Waals surface area contributed by atoms with Crippen molar-refractivity contribution < 1.29 is 4.92 Å². The van der Waals surface area contributed by atoms with Crippen LogP contribution < -0.4 is 5.32 Å². The molecule has 1 heterocycles. The average molecular weight is 243 g/mol. The van der Waals surface area contributed by atoms with Gasteiger partial charge < -0.3 is 5.32 Å². The van der Waals surface area contributed by atoms with Crippen molar-refractivity contribution in [3.8, 4) is 11.3 Å². The van der Waals surface area contributed by atoms with Crippen molar-refractivity contribution in [1.82, 2.24) is 10.3 Å². The summed E-state index contributed by atoms with van der Waals surface area (Å²) in [5.74, 6) is 0. The van der Waals surface area contributed by atoms with Crippen LogP contribution in [0, 0.1) is 10.1 Å². The lowest BCUT2D eigenvalue weighted by Crippen LogP contribution is -2.07. The third-order valence-corrected chi connectivity index (χ3v) is 2.61. The number of aromatic nitrogens is 1. The summed E-state index contributed by atoms with van der Waals surface area (Å²) in [6.45, 7) is 0.708. The fraction of sp³-hybridized carbons (Fsp3) is 0.154. The van der Waals surface area contributed by atoms with Gasteiger partial charge in [0.1, 0.15) is 0 Å². The molecule has 0 bridgehead atoms. The highest BCUT2D eigenvalue weighted by molar-refractivity contribution is 5.64. The maximum Gasteiger partial charge on any atom is 0.269 e. The molecule has 0 aliphatic carbocycles. The molecule has 0 unspecified atom stereocenters. The van der Waals surface area contributed by atoms with E-state index >= 15 is 0 Å². The number of hydrogen-bond donors (Lipinski definition) is 1. The molecule has 0 radical (unpaired) electrons. The Labute approximate surface area is 105 Å². The minimum absolute atomic E-state index is 0.0878. The van der Waals surface area contributed by atoms with Crippen molar-refractivity contribution in [3.63, 3.8) is 0 Å². The summed E-state index contributed by atoms with van der Waals surface area (Å²) in [5, 5.41) is 13.7. The number of benzene rings is 1. The van der Waals surface area contributed by atoms with Crippen LogP contribution in [0.3, 0.4) is 0 Å². The van der Waals surface area contributed by atoms with E-state index in [9.17, 15) is 10.1 Å². The average Bonchev–Trinajstić information content (AvgIpc) is 2.40. The smallest absolute Gasteiger partial charge is 0.269 e. The van der Waals surface area contributed by atoms with Gasteiger partial charge in [-0.05, 0) is 30.8 Å². The Morgan fingerprint density at radius 3 is 2.61 bits per heavy atom. The Hall–Kier alpha value is -2.27. The van der Waals surface area contributed by atoms with E-state index < -0.39 is 4.92 Å². The molecule has 1 aromatic carbocycles. The number of nitro benzene ring substituents is 1. The molecule has 1 N–H and O–H groups in total. The lowest BCUT2D eigenvalue weighted by Gasteiger charge is -2.07. The predicted molar refractivity (Wildman–Crippen MR) is 69.1 cm³/mol. The number of nitrogens with zero attached hydrogens (tertiary/aromatic N) is 2. The highest BCUT2D eigenvalue weighted by atomic mass is 16.6. The van der Waals surface area contributed by atoms with Crippen molar-refractivity contribution in [3.05, 3.63) is 58.3 Å². The van der Waals surface area contributed by atoms with E-state index in [1.54, 1.807) is 18.3 Å². The Bertz CT molecular complexity index is 552. The Kier molecular flexibility index (Phi) is 3.64. The zero-order chi connectivity index (χ0) is 13.0. The Morgan fingerprint density at radius 2 is 2.00 bits per heavy atom. The van der Waals surface area contributed by atoms with E-state index in [4.69, 9.17) is 0 Å². The van der Waals surface area contributed by atoms with Crippen molar-refractivity contribution in [2.45, 2.75) is 6.54 Å². The maximum atomic E-state index is 10.6. The molecule has 2 aromatic rings. The van der Waals surface area contributed by atoms with E-state index in [1.165, 1.54) is 12.1 Å². The Balaban J connectivity index is 2.39. The first-order chi connectivity index (χ1) is 8.72. The minimum Gasteiger partial charge on any atom is -0.316 e. The van der Waals surface area contributed by atoms with Gasteiger partial charge in [-0.2, -0.15) is 0 Å². The molecule has 0 aliphatic heterocycles. The molecule has 5 heteroatoms. The topological polar surface area (TPSA) is 68.1 Å². The SMILES string of the molecule is CNCc1cccnc1-c1ccc([N+](=O)[O-])cc1. The largest absolute Gasteiger partial charge is 0.316 e. The van der Waals surface area contributed by atoms with Crippen molar-refractivity contribution in [2.75, 3.05) is 7.05 Å². The first-order valence-corrected chi connectivity index (χ1v) is 5.55. The lowest BCUT2D eigenvalue weighted by molar-refractivity contribution is -0.384. The summed E-state index contributed by atoms with van der Waals surface area (Å²) in [7, 11) is 1.87. The number of nitro groups is 1. The van der Waals surface area contributed by atoms with E-state index in [1.807, 2.05) is 19.2 Å². The highest BCUT2D eigenvalue weighted by Crippen LogP contribution is 2.23. The lowest BCUT2D eigenvalue weighted by atomic mass is 10.1. The molecule has 0 amide bonds. The zero-order valence-electron chi connectivity index (χ0n) is 9.96. The van der Waals surface area contributed by atoms with Crippen LogP contribution in [0.25, 0.3) is 11.3 Å². The highest BCUT2D eigenvalue weighted by Gasteiger charge is 2.08. The molecule has 2 rings (SSSR count). The third-order valence-electron chi connectivity index (χ3n) is 2.61. The van der Waals surface area contributed by atoms with E-state index in [0.717, 1.165) is 16.8 Å². The summed E-state index contributed by atoms with van der Waals surface area (Å²) in [6, 6.07) is 10.3. The van der Waals surface area contributed by atoms with Crippen LogP contribution in [0.15, 0.2) is 42.6 Å². The van der Waals surface area contributed by atoms with Gasteiger partial charge in [-0.1, -0.05) is 6.07 Å². The van der Waals surface area contributed by atoms with Crippen LogP contribution in [-0.2, 0) is 6.54 Å². The Morgan fingerprint density at radius 1 is 1.28 bits per heavy atom. The first-order valence-electron chi connectivity index (χ1n) is 5.55. The number of rotatable bonds is 4. The van der Waals surface area contributed by atoms with E-state index in [2.05, 4.69) is 10.3 Å². The second-order valence-electron chi connectivity index (χ2n) is 3.85. The van der Waals surface area contributed by atoms with Crippen LogP contribution >= 0.6 is 0 Å². The fourth-order valence-corrected chi connectivity index (χ4v) is 1.77. The number of pyridine rings is 1. The van der Waals surface area contributed by atoms with Gasteiger partial charge in [0.2, 0.25) is 0 Å². The monoisotopic (exact) mass is 243 g/mol. The molecule has 0 fully saturated rings. The zero-order valence-corrected chi connectivity index (χ0v) is 9.96. The molecule has 18 heavy (non-hydrogen) atoms. The molecular weight excluding hydrogens is 230 g/mol. The molecule has 92 valence electrons. The fourth-order valence-electron chi connectivity index (χ4n) is 1.77. The standard InChI is InChI=1S/C13H13N3O2/c1-14-9-11-3-2-8-15-13(11)10-4-6-12(7-5-10)16(17)18/h2-8,14H,9H2,1H3. The van der Waals surface area contributed by atoms with Gasteiger partial charge in [0, 0.05) is 30.4 Å². The summed E-state index contributed by atoms with van der Waals surface area (Å²) in [4.78, 5) is 14.5. The summed E-state index contributed by atoms with van der Waals surface area (Å²) >= 11 is 0. The van der Waals surface area contributed by atoms with Crippen molar-refractivity contribution in [2.24, 2.45) is 0 Å². The van der Waals surface area contributed by atoms with Gasteiger partial charge in [0.15, 0.2) is 0 Å². The van der Waals surface area contributed by atoms with E-state index in [-0.39, 0.29) is 5.69 Å². The maximum absolute atomic E-state index is 10.6. The second kappa shape index (κ2) is 5.37.